The van der Waals surface area contributed by atoms with E-state index in [0.717, 1.165) is 24.2 Å². The molecule has 0 radical (unpaired) electrons. The van der Waals surface area contributed by atoms with Gasteiger partial charge in [0.15, 0.2) is 5.82 Å². The number of nitrogen functional groups attached to an aromatic ring is 1. The molecule has 1 aliphatic heterocycles. The zero-order valence-electron chi connectivity index (χ0n) is 14.1. The van der Waals surface area contributed by atoms with Crippen LogP contribution in [0.2, 0.25) is 0 Å². The second-order valence-corrected chi connectivity index (χ2v) is 6.63. The molecular formula is C19H20FN5. The van der Waals surface area contributed by atoms with Gasteiger partial charge < -0.3 is 5.73 Å². The Kier molecular flexibility index (Phi) is 4.05. The fourth-order valence-corrected chi connectivity index (χ4v) is 3.47. The number of hydrogen-bond donors (Lipinski definition) is 1. The molecule has 1 aromatic carbocycles. The summed E-state index contributed by atoms with van der Waals surface area (Å²) >= 11 is 0. The number of hydrogen-bond acceptors (Lipinski definition) is 5. The standard InChI is InChI=1S/C19H20FN5/c1-12-3-2-6-25(12)10-13-7-14(9-15(20)8-13)16-4-5-17-18(24-16)19(21)23-11-22-17/h4-5,7-9,11-12H,2-3,6,10H2,1H3,(H2,21,22,23). The summed E-state index contributed by atoms with van der Waals surface area (Å²) in [7, 11) is 0. The monoisotopic (exact) mass is 337 g/mol. The number of anilines is 1. The molecule has 3 aromatic rings. The lowest BCUT2D eigenvalue weighted by Crippen LogP contribution is -2.26. The number of nitrogens with two attached hydrogens (primary N) is 1. The van der Waals surface area contributed by atoms with Crippen molar-refractivity contribution < 1.29 is 4.39 Å². The van der Waals surface area contributed by atoms with Gasteiger partial charge in [-0.25, -0.2) is 19.3 Å². The van der Waals surface area contributed by atoms with Crippen molar-refractivity contribution in [1.29, 1.82) is 0 Å². The maximum atomic E-state index is 14.2. The Morgan fingerprint density at radius 3 is 2.92 bits per heavy atom. The molecule has 2 aromatic heterocycles. The van der Waals surface area contributed by atoms with Crippen molar-refractivity contribution in [3.63, 3.8) is 0 Å². The molecule has 1 unspecified atom stereocenters. The van der Waals surface area contributed by atoms with Crippen molar-refractivity contribution in [2.24, 2.45) is 0 Å². The molecule has 1 aliphatic rings. The molecule has 0 spiro atoms. The Morgan fingerprint density at radius 1 is 1.24 bits per heavy atom. The van der Waals surface area contributed by atoms with Crippen molar-refractivity contribution in [3.05, 3.63) is 48.0 Å². The van der Waals surface area contributed by atoms with Gasteiger partial charge in [0, 0.05) is 18.2 Å². The van der Waals surface area contributed by atoms with Crippen LogP contribution in [-0.2, 0) is 6.54 Å². The van der Waals surface area contributed by atoms with Crippen LogP contribution in [0, 0.1) is 5.82 Å². The van der Waals surface area contributed by atoms with Crippen molar-refractivity contribution in [2.75, 3.05) is 12.3 Å². The number of benzene rings is 1. The summed E-state index contributed by atoms with van der Waals surface area (Å²) in [5.74, 6) is 0.0768. The SMILES string of the molecule is CC1CCCN1Cc1cc(F)cc(-c2ccc3ncnc(N)c3n2)c1. The number of nitrogens with zero attached hydrogens (tertiary/aromatic N) is 4. The zero-order valence-corrected chi connectivity index (χ0v) is 14.1. The average Bonchev–Trinajstić information content (AvgIpc) is 2.99. The molecule has 3 heterocycles. The number of fused-ring (bicyclic) bond motifs is 1. The van der Waals surface area contributed by atoms with E-state index in [1.807, 2.05) is 18.2 Å². The lowest BCUT2D eigenvalue weighted by molar-refractivity contribution is 0.260. The third-order valence-corrected chi connectivity index (χ3v) is 4.84. The highest BCUT2D eigenvalue weighted by Crippen LogP contribution is 2.26. The molecule has 0 bridgehead atoms. The van der Waals surface area contributed by atoms with Gasteiger partial charge in [-0.15, -0.1) is 0 Å². The first-order valence-electron chi connectivity index (χ1n) is 8.51. The third-order valence-electron chi connectivity index (χ3n) is 4.84. The molecule has 1 saturated heterocycles. The van der Waals surface area contributed by atoms with E-state index in [1.165, 1.54) is 25.2 Å². The van der Waals surface area contributed by atoms with Crippen LogP contribution >= 0.6 is 0 Å². The molecule has 2 N–H and O–H groups in total. The first-order chi connectivity index (χ1) is 12.1. The van der Waals surface area contributed by atoms with E-state index in [2.05, 4.69) is 26.8 Å². The predicted molar refractivity (Wildman–Crippen MR) is 96.2 cm³/mol. The Labute approximate surface area is 145 Å². The molecule has 0 aliphatic carbocycles. The maximum absolute atomic E-state index is 14.2. The number of pyridine rings is 1. The number of likely N-dealkylation sites (tertiary alicyclic amines) is 1. The summed E-state index contributed by atoms with van der Waals surface area (Å²) in [6, 6.07) is 9.33. The van der Waals surface area contributed by atoms with Crippen LogP contribution in [-0.4, -0.2) is 32.4 Å². The molecule has 0 saturated carbocycles. The summed E-state index contributed by atoms with van der Waals surface area (Å²) in [5.41, 5.74) is 9.49. The number of halogens is 1. The lowest BCUT2D eigenvalue weighted by Gasteiger charge is -2.21. The molecule has 1 fully saturated rings. The molecule has 4 rings (SSSR count). The molecule has 5 nitrogen and oxygen atoms in total. The summed E-state index contributed by atoms with van der Waals surface area (Å²) < 4.78 is 14.2. The highest BCUT2D eigenvalue weighted by molar-refractivity contribution is 5.85. The van der Waals surface area contributed by atoms with E-state index < -0.39 is 0 Å². The van der Waals surface area contributed by atoms with Crippen LogP contribution < -0.4 is 5.73 Å². The third kappa shape index (κ3) is 3.17. The zero-order chi connectivity index (χ0) is 17.4. The summed E-state index contributed by atoms with van der Waals surface area (Å²) in [6.45, 7) is 4.04. The Balaban J connectivity index is 1.71. The first kappa shape index (κ1) is 15.9. The maximum Gasteiger partial charge on any atom is 0.153 e. The number of rotatable bonds is 3. The van der Waals surface area contributed by atoms with Crippen molar-refractivity contribution in [3.8, 4) is 11.3 Å². The van der Waals surface area contributed by atoms with E-state index in [4.69, 9.17) is 5.73 Å². The van der Waals surface area contributed by atoms with Crippen LogP contribution in [0.15, 0.2) is 36.7 Å². The van der Waals surface area contributed by atoms with Gasteiger partial charge in [-0.1, -0.05) is 0 Å². The molecule has 1 atom stereocenters. The topological polar surface area (TPSA) is 67.9 Å². The van der Waals surface area contributed by atoms with Gasteiger partial charge >= 0.3 is 0 Å². The second kappa shape index (κ2) is 6.37. The van der Waals surface area contributed by atoms with Crippen LogP contribution in [0.4, 0.5) is 10.2 Å². The van der Waals surface area contributed by atoms with E-state index in [1.54, 1.807) is 6.07 Å². The van der Waals surface area contributed by atoms with E-state index in [0.29, 0.717) is 28.6 Å². The highest BCUT2D eigenvalue weighted by atomic mass is 19.1. The number of aromatic nitrogens is 3. The van der Waals surface area contributed by atoms with Gasteiger partial charge in [-0.3, -0.25) is 4.90 Å². The lowest BCUT2D eigenvalue weighted by atomic mass is 10.1. The fourth-order valence-electron chi connectivity index (χ4n) is 3.47. The second-order valence-electron chi connectivity index (χ2n) is 6.63. The van der Waals surface area contributed by atoms with Gasteiger partial charge in [0.05, 0.1) is 11.2 Å². The summed E-state index contributed by atoms with van der Waals surface area (Å²) in [4.78, 5) is 15.1. The minimum Gasteiger partial charge on any atom is -0.382 e. The van der Waals surface area contributed by atoms with Gasteiger partial charge in [-0.05, 0) is 62.2 Å². The Hall–Kier alpha value is -2.60. The normalized spacial score (nSPS) is 18.1. The molecule has 25 heavy (non-hydrogen) atoms. The van der Waals surface area contributed by atoms with Crippen LogP contribution in [0.5, 0.6) is 0 Å². The molecule has 128 valence electrons. The van der Waals surface area contributed by atoms with Crippen LogP contribution in [0.3, 0.4) is 0 Å². The van der Waals surface area contributed by atoms with Crippen LogP contribution in [0.25, 0.3) is 22.3 Å². The first-order valence-corrected chi connectivity index (χ1v) is 8.51. The molecule has 0 amide bonds. The Morgan fingerprint density at radius 2 is 2.12 bits per heavy atom. The smallest absolute Gasteiger partial charge is 0.153 e. The summed E-state index contributed by atoms with van der Waals surface area (Å²) in [5, 5.41) is 0. The van der Waals surface area contributed by atoms with Gasteiger partial charge in [0.2, 0.25) is 0 Å². The van der Waals surface area contributed by atoms with Crippen molar-refractivity contribution in [2.45, 2.75) is 32.4 Å². The van der Waals surface area contributed by atoms with E-state index in [-0.39, 0.29) is 5.82 Å². The minimum atomic E-state index is -0.251. The summed E-state index contributed by atoms with van der Waals surface area (Å²) in [6.07, 6.45) is 3.82. The van der Waals surface area contributed by atoms with Gasteiger partial charge in [-0.2, -0.15) is 0 Å². The molecule has 6 heteroatoms. The van der Waals surface area contributed by atoms with Gasteiger partial charge in [0.25, 0.3) is 0 Å². The van der Waals surface area contributed by atoms with Crippen LogP contribution in [0.1, 0.15) is 25.3 Å². The largest absolute Gasteiger partial charge is 0.382 e. The molecular weight excluding hydrogens is 317 g/mol. The van der Waals surface area contributed by atoms with Crippen molar-refractivity contribution >= 4 is 16.9 Å². The highest BCUT2D eigenvalue weighted by Gasteiger charge is 2.20. The van der Waals surface area contributed by atoms with E-state index in [9.17, 15) is 4.39 Å². The minimum absolute atomic E-state index is 0.251. The van der Waals surface area contributed by atoms with Crippen molar-refractivity contribution in [1.82, 2.24) is 19.9 Å². The predicted octanol–water partition coefficient (Wildman–Crippen LogP) is 3.40. The van der Waals surface area contributed by atoms with Gasteiger partial charge in [0.1, 0.15) is 17.7 Å². The fraction of sp³-hybridized carbons (Fsp3) is 0.316. The quantitative estimate of drug-likeness (QED) is 0.793. The average molecular weight is 337 g/mol. The van der Waals surface area contributed by atoms with E-state index >= 15 is 0 Å². The Bertz CT molecular complexity index is 927.